The Labute approximate surface area is 224 Å². The first-order chi connectivity index (χ1) is 18.3. The molecule has 5 rings (SSSR count). The van der Waals surface area contributed by atoms with E-state index in [0.717, 1.165) is 23.4 Å². The van der Waals surface area contributed by atoms with Gasteiger partial charge in [0.05, 0.1) is 10.6 Å². The normalized spacial score (nSPS) is 14.3. The number of piperazine rings is 1. The highest BCUT2D eigenvalue weighted by Crippen LogP contribution is 2.23. The Hall–Kier alpha value is -3.86. The van der Waals surface area contributed by atoms with Gasteiger partial charge in [-0.3, -0.25) is 4.79 Å². The lowest BCUT2D eigenvalue weighted by atomic mass is 10.1. The standard InChI is InChI=1S/C27H23ClFN5O3S/c28-21-5-1-19(2-6-21)25-13-14-30-27(32-25)31-23-9-3-20(4-10-23)26(35)33-15-17-34(18-16-33)38(36,37)24-11-7-22(29)8-12-24/h1-14H,15-18H2,(H,30,31,32). The number of halogens is 2. The highest BCUT2D eigenvalue weighted by Gasteiger charge is 2.30. The monoisotopic (exact) mass is 551 g/mol. The summed E-state index contributed by atoms with van der Waals surface area (Å²) in [5.41, 5.74) is 2.85. The number of carbonyl (C=O) groups is 1. The van der Waals surface area contributed by atoms with Gasteiger partial charge in [0, 0.05) is 54.2 Å². The van der Waals surface area contributed by atoms with Crippen LogP contribution in [-0.2, 0) is 10.0 Å². The van der Waals surface area contributed by atoms with Crippen LogP contribution in [0.15, 0.2) is 90.0 Å². The van der Waals surface area contributed by atoms with Crippen LogP contribution < -0.4 is 5.32 Å². The van der Waals surface area contributed by atoms with Gasteiger partial charge in [0.1, 0.15) is 5.82 Å². The van der Waals surface area contributed by atoms with Crippen LogP contribution >= 0.6 is 11.6 Å². The molecule has 1 amide bonds. The van der Waals surface area contributed by atoms with Crippen molar-refractivity contribution in [2.75, 3.05) is 31.5 Å². The third-order valence-electron chi connectivity index (χ3n) is 6.16. The van der Waals surface area contributed by atoms with Crippen molar-refractivity contribution in [3.8, 4) is 11.3 Å². The number of nitrogens with one attached hydrogen (secondary N) is 1. The third-order valence-corrected chi connectivity index (χ3v) is 8.33. The predicted octanol–water partition coefficient (Wildman–Crippen LogP) is 4.83. The van der Waals surface area contributed by atoms with Crippen molar-refractivity contribution in [1.82, 2.24) is 19.2 Å². The molecule has 1 aliphatic rings. The number of aromatic nitrogens is 2. The highest BCUT2D eigenvalue weighted by atomic mass is 35.5. The molecule has 2 heterocycles. The fourth-order valence-corrected chi connectivity index (χ4v) is 5.64. The largest absolute Gasteiger partial charge is 0.336 e. The van der Waals surface area contributed by atoms with E-state index >= 15 is 0 Å². The van der Waals surface area contributed by atoms with Crippen molar-refractivity contribution in [1.29, 1.82) is 0 Å². The first-order valence-electron chi connectivity index (χ1n) is 11.8. The molecular formula is C27H23ClFN5O3S. The minimum absolute atomic E-state index is 0.0319. The number of rotatable bonds is 6. The summed E-state index contributed by atoms with van der Waals surface area (Å²) in [5.74, 6) is -0.272. The van der Waals surface area contributed by atoms with Gasteiger partial charge in [-0.25, -0.2) is 22.8 Å². The van der Waals surface area contributed by atoms with Gasteiger partial charge in [-0.05, 0) is 66.7 Å². The lowest BCUT2D eigenvalue weighted by Gasteiger charge is -2.34. The average molecular weight is 552 g/mol. The molecule has 0 bridgehead atoms. The summed E-state index contributed by atoms with van der Waals surface area (Å²) in [6, 6.07) is 20.8. The van der Waals surface area contributed by atoms with Crippen molar-refractivity contribution < 1.29 is 17.6 Å². The molecule has 1 saturated heterocycles. The second-order valence-electron chi connectivity index (χ2n) is 8.62. The Bertz CT molecular complexity index is 1540. The van der Waals surface area contributed by atoms with Gasteiger partial charge >= 0.3 is 0 Å². The molecule has 0 unspecified atom stereocenters. The van der Waals surface area contributed by atoms with E-state index < -0.39 is 15.8 Å². The summed E-state index contributed by atoms with van der Waals surface area (Å²) in [5, 5.41) is 3.79. The minimum atomic E-state index is -3.75. The lowest BCUT2D eigenvalue weighted by Crippen LogP contribution is -2.50. The molecule has 0 saturated carbocycles. The van der Waals surface area contributed by atoms with E-state index in [1.807, 2.05) is 12.1 Å². The summed E-state index contributed by atoms with van der Waals surface area (Å²) < 4.78 is 40.1. The molecule has 1 aliphatic heterocycles. The third kappa shape index (κ3) is 5.67. The number of sulfonamides is 1. The summed E-state index contributed by atoms with van der Waals surface area (Å²) in [6.45, 7) is 0.827. The number of benzene rings is 3. The van der Waals surface area contributed by atoms with Gasteiger partial charge in [-0.15, -0.1) is 0 Å². The van der Waals surface area contributed by atoms with Crippen molar-refractivity contribution in [3.05, 3.63) is 101 Å². The van der Waals surface area contributed by atoms with Crippen LogP contribution in [0, 0.1) is 5.82 Å². The molecule has 194 valence electrons. The highest BCUT2D eigenvalue weighted by molar-refractivity contribution is 7.89. The second kappa shape index (κ2) is 10.9. The molecule has 0 radical (unpaired) electrons. The average Bonchev–Trinajstić information content (AvgIpc) is 2.94. The van der Waals surface area contributed by atoms with Gasteiger partial charge in [-0.2, -0.15) is 4.31 Å². The predicted molar refractivity (Wildman–Crippen MR) is 143 cm³/mol. The van der Waals surface area contributed by atoms with Crippen molar-refractivity contribution in [2.45, 2.75) is 4.90 Å². The van der Waals surface area contributed by atoms with Gasteiger partial charge in [0.15, 0.2) is 0 Å². The Kier molecular flexibility index (Phi) is 7.37. The molecule has 38 heavy (non-hydrogen) atoms. The number of carbonyl (C=O) groups excluding carboxylic acids is 1. The number of hydrogen-bond donors (Lipinski definition) is 1. The van der Waals surface area contributed by atoms with E-state index in [9.17, 15) is 17.6 Å². The van der Waals surface area contributed by atoms with E-state index in [4.69, 9.17) is 11.6 Å². The van der Waals surface area contributed by atoms with Crippen LogP contribution in [0.1, 0.15) is 10.4 Å². The topological polar surface area (TPSA) is 95.5 Å². The quantitative estimate of drug-likeness (QED) is 0.369. The zero-order valence-corrected chi connectivity index (χ0v) is 21.7. The van der Waals surface area contributed by atoms with Crippen LogP contribution in [0.3, 0.4) is 0 Å². The lowest BCUT2D eigenvalue weighted by molar-refractivity contribution is 0.0698. The molecule has 0 spiro atoms. The molecule has 3 aromatic carbocycles. The Morgan fingerprint density at radius 3 is 2.18 bits per heavy atom. The van der Waals surface area contributed by atoms with E-state index in [1.54, 1.807) is 53.6 Å². The molecule has 8 nitrogen and oxygen atoms in total. The Balaban J connectivity index is 1.20. The maximum atomic E-state index is 13.2. The fourth-order valence-electron chi connectivity index (χ4n) is 4.10. The van der Waals surface area contributed by atoms with Crippen LogP contribution in [0.5, 0.6) is 0 Å². The van der Waals surface area contributed by atoms with Gasteiger partial charge in [0.25, 0.3) is 5.91 Å². The molecular weight excluding hydrogens is 529 g/mol. The fraction of sp³-hybridized carbons (Fsp3) is 0.148. The van der Waals surface area contributed by atoms with Crippen LogP contribution in [0.25, 0.3) is 11.3 Å². The SMILES string of the molecule is O=C(c1ccc(Nc2nccc(-c3ccc(Cl)cc3)n2)cc1)N1CCN(S(=O)(=O)c2ccc(F)cc2)CC1. The summed E-state index contributed by atoms with van der Waals surface area (Å²) in [6.07, 6.45) is 1.66. The smallest absolute Gasteiger partial charge is 0.253 e. The first-order valence-corrected chi connectivity index (χ1v) is 13.6. The molecule has 0 aliphatic carbocycles. The van der Waals surface area contributed by atoms with Gasteiger partial charge in [0.2, 0.25) is 16.0 Å². The van der Waals surface area contributed by atoms with Gasteiger partial charge in [-0.1, -0.05) is 23.7 Å². The molecule has 0 atom stereocenters. The molecule has 1 fully saturated rings. The Morgan fingerprint density at radius 1 is 0.868 bits per heavy atom. The maximum Gasteiger partial charge on any atom is 0.253 e. The van der Waals surface area contributed by atoms with E-state index in [-0.39, 0.29) is 37.0 Å². The maximum absolute atomic E-state index is 13.2. The van der Waals surface area contributed by atoms with Crippen LogP contribution in [0.4, 0.5) is 16.0 Å². The number of amides is 1. The number of nitrogens with zero attached hydrogens (tertiary/aromatic N) is 4. The van der Waals surface area contributed by atoms with E-state index in [0.29, 0.717) is 22.2 Å². The summed E-state index contributed by atoms with van der Waals surface area (Å²) >= 11 is 5.97. The van der Waals surface area contributed by atoms with Crippen LogP contribution in [0.2, 0.25) is 5.02 Å². The van der Waals surface area contributed by atoms with Crippen molar-refractivity contribution in [3.63, 3.8) is 0 Å². The van der Waals surface area contributed by atoms with Crippen LogP contribution in [-0.4, -0.2) is 59.7 Å². The molecule has 11 heteroatoms. The number of hydrogen-bond acceptors (Lipinski definition) is 6. The minimum Gasteiger partial charge on any atom is -0.336 e. The zero-order chi connectivity index (χ0) is 26.7. The second-order valence-corrected chi connectivity index (χ2v) is 11.0. The molecule has 1 aromatic heterocycles. The summed E-state index contributed by atoms with van der Waals surface area (Å²) in [4.78, 5) is 23.5. The van der Waals surface area contributed by atoms with Crippen molar-refractivity contribution in [2.24, 2.45) is 0 Å². The first kappa shape index (κ1) is 25.8. The zero-order valence-electron chi connectivity index (χ0n) is 20.1. The Morgan fingerprint density at radius 2 is 1.53 bits per heavy atom. The summed E-state index contributed by atoms with van der Waals surface area (Å²) in [7, 11) is -3.75. The van der Waals surface area contributed by atoms with Crippen molar-refractivity contribution >= 4 is 39.2 Å². The molecule has 4 aromatic rings. The van der Waals surface area contributed by atoms with E-state index in [1.165, 1.54) is 16.4 Å². The van der Waals surface area contributed by atoms with E-state index in [2.05, 4.69) is 15.3 Å². The van der Waals surface area contributed by atoms with Gasteiger partial charge < -0.3 is 10.2 Å². The molecule has 1 N–H and O–H groups in total. The number of anilines is 2.